The number of oxime groups is 1. The Morgan fingerprint density at radius 3 is 2.70 bits per heavy atom. The topological polar surface area (TPSA) is 61.8 Å². The van der Waals surface area contributed by atoms with Crippen molar-refractivity contribution in [1.29, 1.82) is 0 Å². The van der Waals surface area contributed by atoms with Gasteiger partial charge in [-0.05, 0) is 38.0 Å². The fourth-order valence-corrected chi connectivity index (χ4v) is 2.49. The van der Waals surface area contributed by atoms with E-state index in [2.05, 4.69) is 46.8 Å². The molecule has 4 nitrogen and oxygen atoms in total. The van der Waals surface area contributed by atoms with E-state index in [1.54, 1.807) is 0 Å². The Labute approximate surface area is 129 Å². The summed E-state index contributed by atoms with van der Waals surface area (Å²) >= 11 is 3.51. The van der Waals surface area contributed by atoms with Crippen molar-refractivity contribution in [3.05, 3.63) is 28.2 Å². The van der Waals surface area contributed by atoms with Crippen molar-refractivity contribution in [2.24, 2.45) is 10.9 Å². The summed E-state index contributed by atoms with van der Waals surface area (Å²) in [6, 6.07) is 6.23. The van der Waals surface area contributed by atoms with Gasteiger partial charge in [0.15, 0.2) is 5.84 Å². The zero-order valence-corrected chi connectivity index (χ0v) is 14.0. The average molecular weight is 342 g/mol. The van der Waals surface area contributed by atoms with Gasteiger partial charge in [-0.1, -0.05) is 41.4 Å². The van der Waals surface area contributed by atoms with Crippen LogP contribution in [0, 0.1) is 0 Å². The minimum absolute atomic E-state index is 0.150. The van der Waals surface area contributed by atoms with E-state index >= 15 is 0 Å². The highest BCUT2D eigenvalue weighted by Gasteiger charge is 2.18. The number of halogens is 1. The third-order valence-electron chi connectivity index (χ3n) is 3.53. The molecule has 0 heterocycles. The van der Waals surface area contributed by atoms with E-state index in [0.717, 1.165) is 41.5 Å². The minimum atomic E-state index is 0.150. The van der Waals surface area contributed by atoms with Crippen LogP contribution in [0.4, 0.5) is 5.69 Å². The Kier molecular flexibility index (Phi) is 6.85. The maximum absolute atomic E-state index is 8.97. The third kappa shape index (κ3) is 4.13. The molecular weight excluding hydrogens is 318 g/mol. The van der Waals surface area contributed by atoms with Crippen LogP contribution < -0.4 is 10.6 Å². The summed E-state index contributed by atoms with van der Waals surface area (Å²) in [5.41, 5.74) is 7.59. The highest BCUT2D eigenvalue weighted by atomic mass is 79.9. The maximum Gasteiger partial charge on any atom is 0.172 e. The summed E-state index contributed by atoms with van der Waals surface area (Å²) in [6.45, 7) is 7.52. The lowest BCUT2D eigenvalue weighted by atomic mass is 10.1. The number of amidine groups is 1. The molecule has 1 aromatic carbocycles. The van der Waals surface area contributed by atoms with Gasteiger partial charge < -0.3 is 15.8 Å². The summed E-state index contributed by atoms with van der Waals surface area (Å²) in [7, 11) is 0. The zero-order chi connectivity index (χ0) is 15.1. The molecule has 1 unspecified atom stereocenters. The largest absolute Gasteiger partial charge is 0.409 e. The molecule has 0 saturated heterocycles. The van der Waals surface area contributed by atoms with Crippen LogP contribution in [0.5, 0.6) is 0 Å². The van der Waals surface area contributed by atoms with Gasteiger partial charge in [-0.3, -0.25) is 0 Å². The lowest BCUT2D eigenvalue weighted by Gasteiger charge is -2.32. The van der Waals surface area contributed by atoms with Crippen molar-refractivity contribution in [3.8, 4) is 0 Å². The normalized spacial score (nSPS) is 13.3. The molecule has 0 saturated carbocycles. The first-order chi connectivity index (χ1) is 9.54. The molecule has 3 N–H and O–H groups in total. The number of nitrogens with zero attached hydrogens (tertiary/aromatic N) is 2. The number of benzene rings is 1. The smallest absolute Gasteiger partial charge is 0.172 e. The maximum atomic E-state index is 8.97. The van der Waals surface area contributed by atoms with Gasteiger partial charge in [0.1, 0.15) is 0 Å². The van der Waals surface area contributed by atoms with Crippen LogP contribution in [0.3, 0.4) is 0 Å². The summed E-state index contributed by atoms with van der Waals surface area (Å²) < 4.78 is 0.992. The second-order valence-corrected chi connectivity index (χ2v) is 5.87. The van der Waals surface area contributed by atoms with Crippen LogP contribution in [0.25, 0.3) is 0 Å². The van der Waals surface area contributed by atoms with Gasteiger partial charge in [0.2, 0.25) is 0 Å². The average Bonchev–Trinajstić information content (AvgIpc) is 2.46. The first kappa shape index (κ1) is 16.8. The van der Waals surface area contributed by atoms with Crippen molar-refractivity contribution in [2.45, 2.75) is 46.1 Å². The van der Waals surface area contributed by atoms with Crippen molar-refractivity contribution in [3.63, 3.8) is 0 Å². The molecule has 0 amide bonds. The van der Waals surface area contributed by atoms with Gasteiger partial charge >= 0.3 is 0 Å². The van der Waals surface area contributed by atoms with E-state index in [4.69, 9.17) is 10.9 Å². The fraction of sp³-hybridized carbons (Fsp3) is 0.533. The first-order valence-corrected chi connectivity index (χ1v) is 7.88. The molecule has 1 rings (SSSR count). The molecule has 5 heteroatoms. The minimum Gasteiger partial charge on any atom is -0.409 e. The monoisotopic (exact) mass is 341 g/mol. The van der Waals surface area contributed by atoms with Gasteiger partial charge in [0.05, 0.1) is 0 Å². The van der Waals surface area contributed by atoms with Crippen molar-refractivity contribution in [2.75, 3.05) is 11.4 Å². The van der Waals surface area contributed by atoms with Gasteiger partial charge in [0.25, 0.3) is 0 Å². The van der Waals surface area contributed by atoms with Crippen LogP contribution in [-0.2, 0) is 0 Å². The molecule has 20 heavy (non-hydrogen) atoms. The Morgan fingerprint density at radius 2 is 2.15 bits per heavy atom. The lowest BCUT2D eigenvalue weighted by molar-refractivity contribution is 0.318. The molecule has 0 aliphatic carbocycles. The SMILES string of the molecule is CCCCN(c1cc(Br)ccc1/C(N)=N/O)C(C)CC. The van der Waals surface area contributed by atoms with E-state index in [-0.39, 0.29) is 5.84 Å². The number of anilines is 1. The van der Waals surface area contributed by atoms with Crippen LogP contribution in [0.2, 0.25) is 0 Å². The summed E-state index contributed by atoms with van der Waals surface area (Å²) in [6.07, 6.45) is 3.30. The van der Waals surface area contributed by atoms with E-state index in [1.165, 1.54) is 0 Å². The Bertz CT molecular complexity index is 462. The molecule has 0 aliphatic rings. The van der Waals surface area contributed by atoms with Gasteiger partial charge in [-0.15, -0.1) is 0 Å². The molecule has 0 aromatic heterocycles. The summed E-state index contributed by atoms with van der Waals surface area (Å²) in [5, 5.41) is 12.1. The van der Waals surface area contributed by atoms with Crippen LogP contribution >= 0.6 is 15.9 Å². The van der Waals surface area contributed by atoms with E-state index < -0.39 is 0 Å². The predicted molar refractivity (Wildman–Crippen MR) is 88.7 cm³/mol. The van der Waals surface area contributed by atoms with Crippen molar-refractivity contribution in [1.82, 2.24) is 0 Å². The van der Waals surface area contributed by atoms with Gasteiger partial charge in [-0.25, -0.2) is 0 Å². The van der Waals surface area contributed by atoms with Crippen molar-refractivity contribution >= 4 is 27.5 Å². The number of rotatable bonds is 7. The zero-order valence-electron chi connectivity index (χ0n) is 12.4. The Balaban J connectivity index is 3.25. The quantitative estimate of drug-likeness (QED) is 0.341. The molecule has 1 aromatic rings. The first-order valence-electron chi connectivity index (χ1n) is 7.09. The standard InChI is InChI=1S/C15H24BrN3O/c1-4-6-9-19(11(3)5-2)14-10-12(16)7-8-13(14)15(17)18-20/h7-8,10-11,20H,4-6,9H2,1-3H3,(H2,17,18). The second kappa shape index (κ2) is 8.15. The molecule has 112 valence electrons. The van der Waals surface area contributed by atoms with Crippen LogP contribution in [0.1, 0.15) is 45.6 Å². The lowest BCUT2D eigenvalue weighted by Crippen LogP contribution is -2.35. The Hall–Kier alpha value is -1.23. The van der Waals surface area contributed by atoms with Gasteiger partial charge in [-0.2, -0.15) is 0 Å². The summed E-state index contributed by atoms with van der Waals surface area (Å²) in [4.78, 5) is 2.33. The van der Waals surface area contributed by atoms with E-state index in [0.29, 0.717) is 6.04 Å². The fourth-order valence-electron chi connectivity index (χ4n) is 2.14. The van der Waals surface area contributed by atoms with E-state index in [9.17, 15) is 0 Å². The molecular formula is C15H24BrN3O. The number of hydrogen-bond acceptors (Lipinski definition) is 3. The molecule has 0 fully saturated rings. The molecule has 0 spiro atoms. The second-order valence-electron chi connectivity index (χ2n) is 4.95. The van der Waals surface area contributed by atoms with Gasteiger partial charge in [0, 0.05) is 28.3 Å². The highest BCUT2D eigenvalue weighted by Crippen LogP contribution is 2.28. The van der Waals surface area contributed by atoms with Crippen molar-refractivity contribution < 1.29 is 5.21 Å². The molecule has 0 bridgehead atoms. The number of nitrogens with two attached hydrogens (primary N) is 1. The molecule has 0 radical (unpaired) electrons. The number of unbranched alkanes of at least 4 members (excludes halogenated alkanes) is 1. The molecule has 1 atom stereocenters. The van der Waals surface area contributed by atoms with Crippen LogP contribution in [0.15, 0.2) is 27.8 Å². The number of hydrogen-bond donors (Lipinski definition) is 2. The van der Waals surface area contributed by atoms with Crippen LogP contribution in [-0.4, -0.2) is 23.6 Å². The predicted octanol–water partition coefficient (Wildman–Crippen LogP) is 3.95. The third-order valence-corrected chi connectivity index (χ3v) is 4.02. The van der Waals surface area contributed by atoms with E-state index in [1.807, 2.05) is 18.2 Å². The molecule has 0 aliphatic heterocycles. The highest BCUT2D eigenvalue weighted by molar-refractivity contribution is 9.10. The Morgan fingerprint density at radius 1 is 1.45 bits per heavy atom. The summed E-state index contributed by atoms with van der Waals surface area (Å²) in [5.74, 6) is 0.150.